The highest BCUT2D eigenvalue weighted by Gasteiger charge is 2.29. The summed E-state index contributed by atoms with van der Waals surface area (Å²) < 4.78 is 11.6. The standard InChI is InChI=1S/C32H37N3O4S2/c1-21(2)29(20-41-32(40)33-17-22(3)34-30(36)38-18-23-11-5-4-6-12-23)35-31(37)39-19-28-26-15-9-7-13-24(26)25-14-8-10-16-27(25)28/h4-16,21-22,28-29H,17-20H2,1-3H3,(H,33,40)(H,34,36)(H,35,37)/t22-,29+/m0/s1. The molecule has 7 nitrogen and oxygen atoms in total. The molecule has 0 aromatic heterocycles. The quantitative estimate of drug-likeness (QED) is 0.220. The Bertz CT molecular complexity index is 1290. The summed E-state index contributed by atoms with van der Waals surface area (Å²) >= 11 is 6.94. The SMILES string of the molecule is CC(C)[C@@H](CSC(=S)NC[C@H](C)NC(=O)OCc1ccccc1)NC(=O)OCC1c2ccccc2-c2ccccc21. The summed E-state index contributed by atoms with van der Waals surface area (Å²) in [4.78, 5) is 24.9. The number of carbonyl (C=O) groups is 2. The van der Waals surface area contributed by atoms with E-state index in [0.717, 1.165) is 5.56 Å². The van der Waals surface area contributed by atoms with Crippen LogP contribution < -0.4 is 16.0 Å². The topological polar surface area (TPSA) is 88.7 Å². The van der Waals surface area contributed by atoms with Crippen LogP contribution in [0.1, 0.15) is 43.4 Å². The molecule has 3 aromatic carbocycles. The summed E-state index contributed by atoms with van der Waals surface area (Å²) in [5, 5.41) is 8.99. The molecule has 0 unspecified atom stereocenters. The van der Waals surface area contributed by atoms with E-state index >= 15 is 0 Å². The van der Waals surface area contributed by atoms with Gasteiger partial charge >= 0.3 is 12.2 Å². The summed E-state index contributed by atoms with van der Waals surface area (Å²) in [5.41, 5.74) is 5.69. The van der Waals surface area contributed by atoms with Gasteiger partial charge in [0.25, 0.3) is 0 Å². The third-order valence-electron chi connectivity index (χ3n) is 6.98. The predicted molar refractivity (Wildman–Crippen MR) is 169 cm³/mol. The average molecular weight is 592 g/mol. The van der Waals surface area contributed by atoms with Gasteiger partial charge in [-0.3, -0.25) is 0 Å². The number of nitrogens with one attached hydrogen (secondary N) is 3. The van der Waals surface area contributed by atoms with Gasteiger partial charge in [0.1, 0.15) is 17.5 Å². The summed E-state index contributed by atoms with van der Waals surface area (Å²) in [7, 11) is 0. The number of thioether (sulfide) groups is 1. The van der Waals surface area contributed by atoms with Crippen LogP contribution in [0.5, 0.6) is 0 Å². The molecular formula is C32H37N3O4S2. The van der Waals surface area contributed by atoms with Gasteiger partial charge in [-0.15, -0.1) is 0 Å². The predicted octanol–water partition coefficient (Wildman–Crippen LogP) is 6.47. The molecule has 2 amide bonds. The molecule has 2 atom stereocenters. The van der Waals surface area contributed by atoms with Gasteiger partial charge in [-0.2, -0.15) is 0 Å². The minimum atomic E-state index is -0.478. The van der Waals surface area contributed by atoms with Crippen LogP contribution in [0.25, 0.3) is 11.1 Å². The second-order valence-electron chi connectivity index (χ2n) is 10.4. The molecular weight excluding hydrogens is 555 g/mol. The van der Waals surface area contributed by atoms with Gasteiger partial charge in [0, 0.05) is 30.3 Å². The van der Waals surface area contributed by atoms with Gasteiger partial charge in [-0.05, 0) is 40.7 Å². The lowest BCUT2D eigenvalue weighted by molar-refractivity contribution is 0.136. The van der Waals surface area contributed by atoms with E-state index in [0.29, 0.717) is 16.6 Å². The number of alkyl carbamates (subject to hydrolysis) is 2. The number of rotatable bonds is 11. The van der Waals surface area contributed by atoms with E-state index in [1.54, 1.807) is 0 Å². The third kappa shape index (κ3) is 8.71. The number of carbonyl (C=O) groups excluding carboxylic acids is 2. The number of ether oxygens (including phenoxy) is 2. The van der Waals surface area contributed by atoms with Crippen LogP contribution in [0.2, 0.25) is 0 Å². The van der Waals surface area contributed by atoms with E-state index in [-0.39, 0.29) is 37.1 Å². The van der Waals surface area contributed by atoms with Crippen molar-refractivity contribution in [2.45, 2.75) is 45.4 Å². The minimum absolute atomic E-state index is 0.0167. The molecule has 0 fully saturated rings. The third-order valence-corrected chi connectivity index (χ3v) is 8.41. The van der Waals surface area contributed by atoms with Crippen LogP contribution in [0, 0.1) is 5.92 Å². The van der Waals surface area contributed by atoms with Crippen molar-refractivity contribution in [1.29, 1.82) is 0 Å². The Morgan fingerprint density at radius 1 is 0.829 bits per heavy atom. The molecule has 9 heteroatoms. The smallest absolute Gasteiger partial charge is 0.407 e. The summed E-state index contributed by atoms with van der Waals surface area (Å²) in [6.07, 6.45) is -0.911. The highest BCUT2D eigenvalue weighted by atomic mass is 32.2. The summed E-state index contributed by atoms with van der Waals surface area (Å²) in [6.45, 7) is 6.93. The largest absolute Gasteiger partial charge is 0.449 e. The van der Waals surface area contributed by atoms with E-state index < -0.39 is 12.2 Å². The molecule has 41 heavy (non-hydrogen) atoms. The van der Waals surface area contributed by atoms with Crippen molar-refractivity contribution in [3.63, 3.8) is 0 Å². The normalized spacial score (nSPS) is 13.5. The molecule has 0 spiro atoms. The highest BCUT2D eigenvalue weighted by molar-refractivity contribution is 8.23. The van der Waals surface area contributed by atoms with Gasteiger partial charge in [0.2, 0.25) is 0 Å². The van der Waals surface area contributed by atoms with Crippen LogP contribution in [-0.4, -0.2) is 47.5 Å². The molecule has 1 aliphatic rings. The van der Waals surface area contributed by atoms with E-state index in [9.17, 15) is 9.59 Å². The fraction of sp³-hybridized carbons (Fsp3) is 0.344. The molecule has 0 radical (unpaired) electrons. The van der Waals surface area contributed by atoms with E-state index in [4.69, 9.17) is 21.7 Å². The lowest BCUT2D eigenvalue weighted by Crippen LogP contribution is -2.43. The molecule has 216 valence electrons. The van der Waals surface area contributed by atoms with Crippen molar-refractivity contribution in [2.24, 2.45) is 5.92 Å². The Hall–Kier alpha value is -3.56. The number of benzene rings is 3. The zero-order chi connectivity index (χ0) is 29.2. The first-order chi connectivity index (χ1) is 19.8. The van der Waals surface area contributed by atoms with Crippen molar-refractivity contribution in [2.75, 3.05) is 18.9 Å². The number of hydrogen-bond acceptors (Lipinski definition) is 6. The molecule has 0 aliphatic heterocycles. The molecule has 0 saturated carbocycles. The fourth-order valence-corrected chi connectivity index (χ4v) is 5.93. The summed E-state index contributed by atoms with van der Waals surface area (Å²) in [6, 6.07) is 25.8. The number of fused-ring (bicyclic) bond motifs is 3. The molecule has 4 rings (SSSR count). The second-order valence-corrected chi connectivity index (χ2v) is 12.1. The highest BCUT2D eigenvalue weighted by Crippen LogP contribution is 2.44. The van der Waals surface area contributed by atoms with E-state index in [1.165, 1.54) is 34.0 Å². The zero-order valence-corrected chi connectivity index (χ0v) is 25.2. The van der Waals surface area contributed by atoms with Crippen LogP contribution in [0.3, 0.4) is 0 Å². The minimum Gasteiger partial charge on any atom is -0.449 e. The Balaban J connectivity index is 1.17. The monoisotopic (exact) mass is 591 g/mol. The van der Waals surface area contributed by atoms with Crippen molar-refractivity contribution >= 4 is 40.5 Å². The lowest BCUT2D eigenvalue weighted by Gasteiger charge is -2.23. The second kappa shape index (κ2) is 14.9. The van der Waals surface area contributed by atoms with Crippen molar-refractivity contribution in [3.05, 3.63) is 95.6 Å². The Labute approximate surface area is 251 Å². The lowest BCUT2D eigenvalue weighted by atomic mass is 9.98. The number of hydrogen-bond donors (Lipinski definition) is 3. The van der Waals surface area contributed by atoms with Crippen molar-refractivity contribution in [3.8, 4) is 11.1 Å². The summed E-state index contributed by atoms with van der Waals surface area (Å²) in [5.74, 6) is 0.794. The van der Waals surface area contributed by atoms with Crippen LogP contribution in [0.4, 0.5) is 9.59 Å². The van der Waals surface area contributed by atoms with Crippen LogP contribution in [0.15, 0.2) is 78.9 Å². The molecule has 3 N–H and O–H groups in total. The van der Waals surface area contributed by atoms with Crippen molar-refractivity contribution < 1.29 is 19.1 Å². The maximum atomic E-state index is 12.8. The van der Waals surface area contributed by atoms with Gasteiger partial charge in [0.15, 0.2) is 0 Å². The number of thiocarbonyl (C=S) groups is 1. The molecule has 0 saturated heterocycles. The first-order valence-corrected chi connectivity index (χ1v) is 15.2. The average Bonchev–Trinajstić information content (AvgIpc) is 3.30. The molecule has 1 aliphatic carbocycles. The molecule has 0 heterocycles. The zero-order valence-electron chi connectivity index (χ0n) is 23.6. The van der Waals surface area contributed by atoms with E-state index in [2.05, 4.69) is 54.1 Å². The Kier molecular flexibility index (Phi) is 11.0. The maximum Gasteiger partial charge on any atom is 0.407 e. The van der Waals surface area contributed by atoms with Crippen LogP contribution in [-0.2, 0) is 16.1 Å². The molecule has 3 aromatic rings. The van der Waals surface area contributed by atoms with Gasteiger partial charge in [-0.1, -0.05) is 117 Å². The number of amides is 2. The fourth-order valence-electron chi connectivity index (χ4n) is 4.66. The van der Waals surface area contributed by atoms with E-state index in [1.807, 2.05) is 61.5 Å². The Morgan fingerprint density at radius 3 is 2.05 bits per heavy atom. The van der Waals surface area contributed by atoms with Crippen LogP contribution >= 0.6 is 24.0 Å². The van der Waals surface area contributed by atoms with Crippen molar-refractivity contribution in [1.82, 2.24) is 16.0 Å². The first kappa shape index (κ1) is 30.4. The maximum absolute atomic E-state index is 12.8. The van der Waals surface area contributed by atoms with Gasteiger partial charge in [0.05, 0.1) is 0 Å². The Morgan fingerprint density at radius 2 is 1.41 bits per heavy atom. The van der Waals surface area contributed by atoms with Gasteiger partial charge < -0.3 is 25.4 Å². The first-order valence-electron chi connectivity index (χ1n) is 13.8. The van der Waals surface area contributed by atoms with Gasteiger partial charge in [-0.25, -0.2) is 9.59 Å². The molecule has 0 bridgehead atoms.